The number of unbranched alkanes of at least 4 members (excludes halogenated alkanes) is 56. The molecule has 0 aliphatic rings. The lowest BCUT2D eigenvalue weighted by Gasteiger charge is -2.21. The maximum absolute atomic E-state index is 13.1. The van der Waals surface area contributed by atoms with Crippen LogP contribution < -0.4 is 0 Å². The minimum Gasteiger partial charge on any atom is -0.462 e. The van der Waals surface area contributed by atoms with Crippen molar-refractivity contribution >= 4 is 39.5 Å². The summed E-state index contributed by atoms with van der Waals surface area (Å²) in [5, 5.41) is 10.6. The molecule has 0 spiro atoms. The standard InChI is InChI=1S/C81H158O17P2/c1-5-9-13-17-21-25-29-32-35-36-37-38-41-44-48-52-56-60-64-68-81(86)98-77(72-92-79(84)66-62-58-54-50-46-42-39-33-30-26-22-18-14-10-6-2)74-96-100(89,90)94-70-75(82)69-93-99(87,88)95-73-76(71-91-78(83)65-61-57-53-49-45-28-24-20-16-12-8-4)97-80(85)67-63-59-55-51-47-43-40-34-31-27-23-19-15-11-7-3/h75-77,82H,5-74H2,1-4H3,(H,87,88)(H,89,90)/t75-,76+,77+/m0/s1. The molecule has 0 aromatic heterocycles. The predicted octanol–water partition coefficient (Wildman–Crippen LogP) is 24.6. The van der Waals surface area contributed by atoms with Crippen molar-refractivity contribution in [2.45, 2.75) is 457 Å². The second kappa shape index (κ2) is 75.3. The van der Waals surface area contributed by atoms with E-state index in [2.05, 4.69) is 27.7 Å². The molecule has 0 rings (SSSR count). The van der Waals surface area contributed by atoms with Crippen LogP contribution in [0.2, 0.25) is 0 Å². The van der Waals surface area contributed by atoms with Crippen LogP contribution in [-0.2, 0) is 65.4 Å². The van der Waals surface area contributed by atoms with Crippen LogP contribution in [0.25, 0.3) is 0 Å². The van der Waals surface area contributed by atoms with Gasteiger partial charge in [-0.3, -0.25) is 37.3 Å². The van der Waals surface area contributed by atoms with Gasteiger partial charge in [0.1, 0.15) is 19.3 Å². The smallest absolute Gasteiger partial charge is 0.462 e. The Hall–Kier alpha value is -1.94. The fourth-order valence-electron chi connectivity index (χ4n) is 12.6. The van der Waals surface area contributed by atoms with E-state index in [1.54, 1.807) is 0 Å². The quantitative estimate of drug-likeness (QED) is 0.0222. The summed E-state index contributed by atoms with van der Waals surface area (Å²) in [6, 6.07) is 0. The molecule has 0 heterocycles. The van der Waals surface area contributed by atoms with Crippen molar-refractivity contribution in [3.05, 3.63) is 0 Å². The average molecular weight is 1470 g/mol. The highest BCUT2D eigenvalue weighted by molar-refractivity contribution is 7.47. The van der Waals surface area contributed by atoms with E-state index < -0.39 is 97.5 Å². The second-order valence-corrected chi connectivity index (χ2v) is 32.1. The van der Waals surface area contributed by atoms with Gasteiger partial charge in [-0.05, 0) is 25.7 Å². The first-order valence-corrected chi connectivity index (χ1v) is 45.3. The number of carbonyl (C=O) groups excluding carboxylic acids is 4. The topological polar surface area (TPSA) is 237 Å². The molecule has 0 aromatic rings. The molecule has 594 valence electrons. The highest BCUT2D eigenvalue weighted by Crippen LogP contribution is 2.45. The number of hydrogen-bond acceptors (Lipinski definition) is 15. The fourth-order valence-corrected chi connectivity index (χ4v) is 14.2. The minimum atomic E-state index is -4.96. The summed E-state index contributed by atoms with van der Waals surface area (Å²) in [5.74, 6) is -2.10. The average Bonchev–Trinajstić information content (AvgIpc) is 1.10. The van der Waals surface area contributed by atoms with Gasteiger partial charge >= 0.3 is 39.5 Å². The Kier molecular flexibility index (Phi) is 73.8. The van der Waals surface area contributed by atoms with Gasteiger partial charge in [0.2, 0.25) is 0 Å². The SMILES string of the molecule is CCCCCCCCCCCCCCCCCCCCCC(=O)O[C@H](COC(=O)CCCCCCCCCCCCCCCCC)COP(=O)(O)OC[C@@H](O)COP(=O)(O)OC[C@@H](COC(=O)CCCCCCCCCCCCC)OC(=O)CCCCCCCCCCCCCCCCC. The normalized spacial score (nSPS) is 13.8. The van der Waals surface area contributed by atoms with E-state index in [1.165, 1.54) is 270 Å². The van der Waals surface area contributed by atoms with Crippen molar-refractivity contribution < 1.29 is 80.2 Å². The molecule has 0 saturated heterocycles. The molecular formula is C81H158O17P2. The van der Waals surface area contributed by atoms with Crippen molar-refractivity contribution in [3.8, 4) is 0 Å². The molecule has 0 bridgehead atoms. The van der Waals surface area contributed by atoms with Gasteiger partial charge in [0.25, 0.3) is 0 Å². The molecule has 19 heteroatoms. The zero-order chi connectivity index (χ0) is 73.2. The largest absolute Gasteiger partial charge is 0.472 e. The van der Waals surface area contributed by atoms with Gasteiger partial charge in [-0.2, -0.15) is 0 Å². The van der Waals surface area contributed by atoms with E-state index in [1.807, 2.05) is 0 Å². The monoisotopic (exact) mass is 1470 g/mol. The number of phosphoric acid groups is 2. The third-order valence-corrected chi connectivity index (χ3v) is 21.0. The molecule has 0 aliphatic heterocycles. The first-order chi connectivity index (χ1) is 48.7. The van der Waals surface area contributed by atoms with E-state index in [-0.39, 0.29) is 25.7 Å². The molecule has 0 aromatic carbocycles. The van der Waals surface area contributed by atoms with Crippen LogP contribution in [0, 0.1) is 0 Å². The molecule has 100 heavy (non-hydrogen) atoms. The number of carbonyl (C=O) groups is 4. The molecule has 0 aliphatic carbocycles. The first kappa shape index (κ1) is 98.1. The zero-order valence-corrected chi connectivity index (χ0v) is 67.0. The highest BCUT2D eigenvalue weighted by Gasteiger charge is 2.30. The summed E-state index contributed by atoms with van der Waals surface area (Å²) in [6.07, 6.45) is 67.8. The molecule has 17 nitrogen and oxygen atoms in total. The van der Waals surface area contributed by atoms with Gasteiger partial charge in [0, 0.05) is 25.7 Å². The number of hydrogen-bond donors (Lipinski definition) is 3. The first-order valence-electron chi connectivity index (χ1n) is 42.3. The summed E-state index contributed by atoms with van der Waals surface area (Å²) >= 11 is 0. The third kappa shape index (κ3) is 74.3. The Balaban J connectivity index is 5.24. The van der Waals surface area contributed by atoms with Crippen LogP contribution in [0.3, 0.4) is 0 Å². The summed E-state index contributed by atoms with van der Waals surface area (Å²) in [6.45, 7) is 5.03. The van der Waals surface area contributed by atoms with Gasteiger partial charge in [0.15, 0.2) is 12.2 Å². The molecule has 0 amide bonds. The van der Waals surface area contributed by atoms with Crippen LogP contribution in [0.1, 0.15) is 439 Å². The number of aliphatic hydroxyl groups is 1. The van der Waals surface area contributed by atoms with Gasteiger partial charge in [-0.15, -0.1) is 0 Å². The lowest BCUT2D eigenvalue weighted by molar-refractivity contribution is -0.161. The maximum Gasteiger partial charge on any atom is 0.472 e. The summed E-state index contributed by atoms with van der Waals surface area (Å²) < 4.78 is 68.7. The lowest BCUT2D eigenvalue weighted by atomic mass is 10.0. The van der Waals surface area contributed by atoms with E-state index in [9.17, 15) is 43.2 Å². The second-order valence-electron chi connectivity index (χ2n) is 29.2. The summed E-state index contributed by atoms with van der Waals surface area (Å²) in [5.41, 5.74) is 0. The number of rotatable bonds is 82. The molecule has 2 unspecified atom stereocenters. The molecule has 0 saturated carbocycles. The molecule has 5 atom stereocenters. The predicted molar refractivity (Wildman–Crippen MR) is 409 cm³/mol. The minimum absolute atomic E-state index is 0.109. The van der Waals surface area contributed by atoms with E-state index in [0.717, 1.165) is 89.9 Å². The van der Waals surface area contributed by atoms with Gasteiger partial charge in [0.05, 0.1) is 26.4 Å². The van der Waals surface area contributed by atoms with Crippen LogP contribution >= 0.6 is 15.6 Å². The Morgan fingerprint density at radius 1 is 0.240 bits per heavy atom. The third-order valence-electron chi connectivity index (χ3n) is 19.1. The Morgan fingerprint density at radius 3 is 0.590 bits per heavy atom. The van der Waals surface area contributed by atoms with Crippen LogP contribution in [0.5, 0.6) is 0 Å². The Labute approximate surface area is 613 Å². The molecule has 3 N–H and O–H groups in total. The van der Waals surface area contributed by atoms with E-state index in [4.69, 9.17) is 37.0 Å². The maximum atomic E-state index is 13.1. The van der Waals surface area contributed by atoms with E-state index in [0.29, 0.717) is 25.7 Å². The van der Waals surface area contributed by atoms with Crippen molar-refractivity contribution in [2.24, 2.45) is 0 Å². The van der Waals surface area contributed by atoms with Gasteiger partial charge in [-0.1, -0.05) is 387 Å². The van der Waals surface area contributed by atoms with Crippen molar-refractivity contribution in [1.82, 2.24) is 0 Å². The number of aliphatic hydroxyl groups excluding tert-OH is 1. The number of ether oxygens (including phenoxy) is 4. The Bertz CT molecular complexity index is 1890. The molecule has 0 radical (unpaired) electrons. The van der Waals surface area contributed by atoms with Gasteiger partial charge in [-0.25, -0.2) is 9.13 Å². The summed E-state index contributed by atoms with van der Waals surface area (Å²) in [7, 11) is -9.92. The summed E-state index contributed by atoms with van der Waals surface area (Å²) in [4.78, 5) is 73.0. The zero-order valence-electron chi connectivity index (χ0n) is 65.2. The van der Waals surface area contributed by atoms with Crippen molar-refractivity contribution in [1.29, 1.82) is 0 Å². The van der Waals surface area contributed by atoms with Crippen molar-refractivity contribution in [3.63, 3.8) is 0 Å². The van der Waals surface area contributed by atoms with Crippen LogP contribution in [0.15, 0.2) is 0 Å². The van der Waals surface area contributed by atoms with Crippen LogP contribution in [-0.4, -0.2) is 96.7 Å². The number of esters is 4. The lowest BCUT2D eigenvalue weighted by Crippen LogP contribution is -2.30. The van der Waals surface area contributed by atoms with Crippen LogP contribution in [0.4, 0.5) is 0 Å². The molecular weight excluding hydrogens is 1310 g/mol. The van der Waals surface area contributed by atoms with E-state index >= 15 is 0 Å². The Morgan fingerprint density at radius 2 is 0.400 bits per heavy atom. The molecule has 0 fully saturated rings. The highest BCUT2D eigenvalue weighted by atomic mass is 31.2. The number of phosphoric ester groups is 2. The van der Waals surface area contributed by atoms with Gasteiger partial charge < -0.3 is 33.8 Å². The fraction of sp³-hybridized carbons (Fsp3) is 0.951. The van der Waals surface area contributed by atoms with Crippen molar-refractivity contribution in [2.75, 3.05) is 39.6 Å².